The maximum absolute atomic E-state index is 13.0. The zero-order chi connectivity index (χ0) is 19.0. The van der Waals surface area contributed by atoms with Gasteiger partial charge in [0.15, 0.2) is 6.61 Å². The van der Waals surface area contributed by atoms with Crippen molar-refractivity contribution in [2.75, 3.05) is 19.7 Å². The summed E-state index contributed by atoms with van der Waals surface area (Å²) in [4.78, 5) is 18.5. The van der Waals surface area contributed by atoms with Crippen LogP contribution in [0.3, 0.4) is 0 Å². The van der Waals surface area contributed by atoms with Crippen LogP contribution in [0, 0.1) is 5.92 Å². The van der Waals surface area contributed by atoms with Crippen LogP contribution >= 0.6 is 0 Å². The summed E-state index contributed by atoms with van der Waals surface area (Å²) in [5, 5.41) is 10.7. The Morgan fingerprint density at radius 1 is 1.33 bits per heavy atom. The number of piperidine rings is 1. The lowest BCUT2D eigenvalue weighted by atomic mass is 10.0. The number of carbonyl (C=O) groups excluding carboxylic acids is 1. The quantitative estimate of drug-likeness (QED) is 0.769. The van der Waals surface area contributed by atoms with Gasteiger partial charge in [0.05, 0.1) is 4.90 Å². The van der Waals surface area contributed by atoms with Gasteiger partial charge in [0.2, 0.25) is 10.0 Å². The standard InChI is InChI=1S/C17H23N5O4S/c1-12-3-2-8-21(10-12)27(24,25)14-6-7-15-16(9-14)22(20-19-15)26-11-17(23)18-13-4-5-13/h6-7,9,12-13H,2-5,8,10-11H2,1H3,(H,18,23)/t12-/m1/s1. The van der Waals surface area contributed by atoms with Crippen molar-refractivity contribution in [3.63, 3.8) is 0 Å². The van der Waals surface area contributed by atoms with Gasteiger partial charge in [-0.15, -0.1) is 5.10 Å². The van der Waals surface area contributed by atoms with Gasteiger partial charge in [-0.25, -0.2) is 8.42 Å². The molecule has 4 rings (SSSR count). The first-order valence-corrected chi connectivity index (χ1v) is 10.7. The molecule has 1 saturated carbocycles. The number of nitrogens with one attached hydrogen (secondary N) is 1. The zero-order valence-electron chi connectivity index (χ0n) is 15.2. The smallest absolute Gasteiger partial charge is 0.260 e. The van der Waals surface area contributed by atoms with Gasteiger partial charge >= 0.3 is 0 Å². The molecule has 1 aliphatic carbocycles. The summed E-state index contributed by atoms with van der Waals surface area (Å²) in [6.45, 7) is 2.91. The molecule has 1 saturated heterocycles. The number of hydrogen-bond acceptors (Lipinski definition) is 6. The van der Waals surface area contributed by atoms with Crippen molar-refractivity contribution in [3.05, 3.63) is 18.2 Å². The van der Waals surface area contributed by atoms with Crippen molar-refractivity contribution in [1.29, 1.82) is 0 Å². The molecule has 1 aliphatic heterocycles. The second-order valence-electron chi connectivity index (χ2n) is 7.34. The highest BCUT2D eigenvalue weighted by Crippen LogP contribution is 2.25. The molecule has 146 valence electrons. The molecular weight excluding hydrogens is 370 g/mol. The first kappa shape index (κ1) is 18.2. The number of fused-ring (bicyclic) bond motifs is 1. The highest BCUT2D eigenvalue weighted by Gasteiger charge is 2.29. The minimum atomic E-state index is -3.59. The molecule has 1 atom stereocenters. The van der Waals surface area contributed by atoms with Gasteiger partial charge in [-0.1, -0.05) is 11.8 Å². The largest absolute Gasteiger partial charge is 0.385 e. The predicted molar refractivity (Wildman–Crippen MR) is 97.3 cm³/mol. The second-order valence-corrected chi connectivity index (χ2v) is 9.28. The average molecular weight is 393 g/mol. The van der Waals surface area contributed by atoms with Gasteiger partial charge in [0, 0.05) is 19.1 Å². The van der Waals surface area contributed by atoms with Crippen molar-refractivity contribution in [2.45, 2.75) is 43.5 Å². The molecule has 0 unspecified atom stereocenters. The summed E-state index contributed by atoms with van der Waals surface area (Å²) in [7, 11) is -3.59. The summed E-state index contributed by atoms with van der Waals surface area (Å²) >= 11 is 0. The fourth-order valence-electron chi connectivity index (χ4n) is 3.26. The maximum atomic E-state index is 13.0. The highest BCUT2D eigenvalue weighted by atomic mass is 32.2. The third-order valence-corrected chi connectivity index (χ3v) is 6.77. The molecule has 1 amide bonds. The Kier molecular flexibility index (Phi) is 4.77. The van der Waals surface area contributed by atoms with E-state index < -0.39 is 10.0 Å². The van der Waals surface area contributed by atoms with Crippen LogP contribution in [0.25, 0.3) is 11.0 Å². The number of hydrogen-bond donors (Lipinski definition) is 1. The van der Waals surface area contributed by atoms with Crippen LogP contribution in [0.15, 0.2) is 23.1 Å². The number of aromatic nitrogens is 3. The Labute approximate surface area is 157 Å². The van der Waals surface area contributed by atoms with Crippen LogP contribution in [-0.4, -0.2) is 59.5 Å². The molecule has 2 fully saturated rings. The number of sulfonamides is 1. The molecular formula is C17H23N5O4S. The molecule has 2 aliphatic rings. The van der Waals surface area contributed by atoms with Crippen molar-refractivity contribution in [2.24, 2.45) is 5.92 Å². The molecule has 10 heteroatoms. The topological polar surface area (TPSA) is 106 Å². The van der Waals surface area contributed by atoms with Crippen LogP contribution in [0.4, 0.5) is 0 Å². The Morgan fingerprint density at radius 3 is 2.89 bits per heavy atom. The number of benzene rings is 1. The van der Waals surface area contributed by atoms with Crippen LogP contribution in [0.1, 0.15) is 32.6 Å². The molecule has 1 aromatic heterocycles. The molecule has 0 bridgehead atoms. The lowest BCUT2D eigenvalue weighted by molar-refractivity contribution is -0.126. The van der Waals surface area contributed by atoms with Crippen LogP contribution in [-0.2, 0) is 14.8 Å². The summed E-state index contributed by atoms with van der Waals surface area (Å²) < 4.78 is 27.5. The van der Waals surface area contributed by atoms with Gasteiger partial charge in [-0.3, -0.25) is 4.79 Å². The van der Waals surface area contributed by atoms with E-state index in [1.165, 1.54) is 16.4 Å². The first-order chi connectivity index (χ1) is 12.9. The fraction of sp³-hybridized carbons (Fsp3) is 0.588. The molecule has 9 nitrogen and oxygen atoms in total. The van der Waals surface area contributed by atoms with Gasteiger partial charge in [0.25, 0.3) is 5.91 Å². The number of rotatable bonds is 6. The third kappa shape index (κ3) is 3.91. The van der Waals surface area contributed by atoms with Crippen molar-refractivity contribution in [3.8, 4) is 0 Å². The molecule has 1 aromatic carbocycles. The minimum absolute atomic E-state index is 0.179. The summed E-state index contributed by atoms with van der Waals surface area (Å²) in [6.07, 6.45) is 3.89. The van der Waals surface area contributed by atoms with E-state index in [0.29, 0.717) is 30.0 Å². The van der Waals surface area contributed by atoms with Crippen LogP contribution in [0.2, 0.25) is 0 Å². The molecule has 1 N–H and O–H groups in total. The van der Waals surface area contributed by atoms with Gasteiger partial charge in [-0.2, -0.15) is 4.31 Å². The average Bonchev–Trinajstić information content (AvgIpc) is 3.36. The monoisotopic (exact) mass is 393 g/mol. The molecule has 27 heavy (non-hydrogen) atoms. The van der Waals surface area contributed by atoms with Gasteiger partial charge < -0.3 is 10.2 Å². The Bertz CT molecular complexity index is 953. The second kappa shape index (κ2) is 7.08. The molecule has 2 aromatic rings. The highest BCUT2D eigenvalue weighted by molar-refractivity contribution is 7.89. The molecule has 2 heterocycles. The van der Waals surface area contributed by atoms with E-state index in [2.05, 4.69) is 22.6 Å². The SMILES string of the molecule is C[C@@H]1CCCN(S(=O)(=O)c2ccc3nnn(OCC(=O)NC4CC4)c3c2)C1. The summed E-state index contributed by atoms with van der Waals surface area (Å²) in [5.41, 5.74) is 0.920. The number of carbonyl (C=O) groups is 1. The lowest BCUT2D eigenvalue weighted by Gasteiger charge is -2.30. The van der Waals surface area contributed by atoms with Gasteiger partial charge in [-0.05, 0) is 55.0 Å². The maximum Gasteiger partial charge on any atom is 0.260 e. The van der Waals surface area contributed by atoms with Crippen molar-refractivity contribution in [1.82, 2.24) is 24.8 Å². The Morgan fingerprint density at radius 2 is 2.15 bits per heavy atom. The predicted octanol–water partition coefficient (Wildman–Crippen LogP) is 0.559. The zero-order valence-corrected chi connectivity index (χ0v) is 16.0. The van der Waals surface area contributed by atoms with E-state index in [-0.39, 0.29) is 23.5 Å². The normalized spacial score (nSPS) is 21.3. The van der Waals surface area contributed by atoms with Crippen LogP contribution in [0.5, 0.6) is 0 Å². The molecule has 0 radical (unpaired) electrons. The minimum Gasteiger partial charge on any atom is -0.385 e. The summed E-state index contributed by atoms with van der Waals surface area (Å²) in [5.74, 6) is 0.116. The van der Waals surface area contributed by atoms with E-state index in [1.807, 2.05) is 0 Å². The van der Waals surface area contributed by atoms with Crippen LogP contribution < -0.4 is 10.2 Å². The van der Waals surface area contributed by atoms with E-state index in [9.17, 15) is 13.2 Å². The molecule has 0 spiro atoms. The first-order valence-electron chi connectivity index (χ1n) is 9.22. The number of amides is 1. The summed E-state index contributed by atoms with van der Waals surface area (Å²) in [6, 6.07) is 4.89. The van der Waals surface area contributed by atoms with E-state index in [1.54, 1.807) is 6.07 Å². The lowest BCUT2D eigenvalue weighted by Crippen LogP contribution is -2.39. The van der Waals surface area contributed by atoms with Crippen molar-refractivity contribution < 1.29 is 18.0 Å². The van der Waals surface area contributed by atoms with E-state index in [4.69, 9.17) is 4.84 Å². The van der Waals surface area contributed by atoms with Crippen molar-refractivity contribution >= 4 is 27.0 Å². The van der Waals surface area contributed by atoms with Gasteiger partial charge in [0.1, 0.15) is 11.0 Å². The fourth-order valence-corrected chi connectivity index (χ4v) is 4.88. The Balaban J connectivity index is 1.54. The van der Waals surface area contributed by atoms with E-state index >= 15 is 0 Å². The third-order valence-electron chi connectivity index (χ3n) is 4.90. The van der Waals surface area contributed by atoms with E-state index in [0.717, 1.165) is 30.5 Å². The Hall–Kier alpha value is -2.20. The number of nitrogens with zero attached hydrogens (tertiary/aromatic N) is 4.